The van der Waals surface area contributed by atoms with E-state index in [4.69, 9.17) is 9.47 Å². The molecule has 1 aliphatic carbocycles. The minimum atomic E-state index is -0.434. The highest BCUT2D eigenvalue weighted by molar-refractivity contribution is 5.68. The monoisotopic (exact) mass is 270 g/mol. The molecule has 1 saturated carbocycles. The number of nitrogens with zero attached hydrogens (tertiary/aromatic N) is 1. The molecule has 0 bridgehead atoms. The number of amides is 1. The number of alkyl carbamates (subject to hydrolysis) is 1. The lowest BCUT2D eigenvalue weighted by Crippen LogP contribution is -2.60. The zero-order valence-corrected chi connectivity index (χ0v) is 12.4. The van der Waals surface area contributed by atoms with Crippen molar-refractivity contribution in [1.29, 1.82) is 0 Å². The average Bonchev–Trinajstić information content (AvgIpc) is 2.61. The lowest BCUT2D eigenvalue weighted by Gasteiger charge is -2.44. The van der Waals surface area contributed by atoms with E-state index in [1.165, 1.54) is 6.42 Å². The van der Waals surface area contributed by atoms with Crippen molar-refractivity contribution in [3.63, 3.8) is 0 Å². The highest BCUT2D eigenvalue weighted by atomic mass is 16.6. The second-order valence-corrected chi connectivity index (χ2v) is 6.56. The first kappa shape index (κ1) is 14.6. The van der Waals surface area contributed by atoms with Crippen molar-refractivity contribution < 1.29 is 14.3 Å². The van der Waals surface area contributed by atoms with Crippen LogP contribution >= 0.6 is 0 Å². The van der Waals surface area contributed by atoms with Gasteiger partial charge in [0.2, 0.25) is 0 Å². The molecule has 2 aliphatic rings. The molecule has 0 aromatic carbocycles. The molecule has 2 fully saturated rings. The number of hydrogen-bond donors (Lipinski definition) is 1. The topological polar surface area (TPSA) is 50.8 Å². The number of carbonyl (C=O) groups excluding carboxylic acids is 1. The minimum Gasteiger partial charge on any atom is -0.444 e. The Morgan fingerprint density at radius 2 is 1.95 bits per heavy atom. The second kappa shape index (κ2) is 5.67. The second-order valence-electron chi connectivity index (χ2n) is 6.56. The van der Waals surface area contributed by atoms with Crippen molar-refractivity contribution in [1.82, 2.24) is 10.2 Å². The number of hydrogen-bond acceptors (Lipinski definition) is 4. The number of methoxy groups -OCH3 is 1. The molecule has 1 aliphatic heterocycles. The molecule has 1 amide bonds. The van der Waals surface area contributed by atoms with E-state index in [1.54, 1.807) is 7.11 Å². The molecule has 2 atom stereocenters. The number of nitrogens with one attached hydrogen (secondary N) is 1. The predicted octanol–water partition coefficient (Wildman–Crippen LogP) is 1.76. The Labute approximate surface area is 115 Å². The van der Waals surface area contributed by atoms with Crippen LogP contribution in [-0.2, 0) is 9.47 Å². The number of rotatable bonds is 3. The maximum Gasteiger partial charge on any atom is 0.407 e. The Kier molecular flexibility index (Phi) is 4.36. The summed E-state index contributed by atoms with van der Waals surface area (Å²) in [6.45, 7) is 7.62. The summed E-state index contributed by atoms with van der Waals surface area (Å²) in [5, 5.41) is 3.02. The molecule has 1 heterocycles. The molecule has 1 unspecified atom stereocenters. The van der Waals surface area contributed by atoms with Crippen LogP contribution in [-0.4, -0.2) is 55.0 Å². The van der Waals surface area contributed by atoms with Crippen molar-refractivity contribution in [2.45, 2.75) is 63.8 Å². The fraction of sp³-hybridized carbons (Fsp3) is 0.929. The fourth-order valence-corrected chi connectivity index (χ4v) is 2.89. The molecule has 0 spiro atoms. The molecule has 2 rings (SSSR count). The van der Waals surface area contributed by atoms with E-state index in [-0.39, 0.29) is 12.1 Å². The van der Waals surface area contributed by atoms with E-state index in [0.717, 1.165) is 25.9 Å². The minimum absolute atomic E-state index is 0.215. The van der Waals surface area contributed by atoms with Gasteiger partial charge in [0.25, 0.3) is 0 Å². The van der Waals surface area contributed by atoms with Crippen molar-refractivity contribution in [3.8, 4) is 0 Å². The Hall–Kier alpha value is -0.810. The molecule has 0 aromatic rings. The summed E-state index contributed by atoms with van der Waals surface area (Å²) in [7, 11) is 1.76. The SMILES string of the molecule is COC1CN(C2CCC[C@@H]2NC(=O)OC(C)(C)C)C1. The highest BCUT2D eigenvalue weighted by Gasteiger charge is 2.39. The molecule has 110 valence electrons. The van der Waals surface area contributed by atoms with Crippen molar-refractivity contribution >= 4 is 6.09 Å². The molecule has 0 radical (unpaired) electrons. The summed E-state index contributed by atoms with van der Waals surface area (Å²) in [6, 6.07) is 0.659. The van der Waals surface area contributed by atoms with Crippen LogP contribution in [0.1, 0.15) is 40.0 Å². The Morgan fingerprint density at radius 3 is 2.53 bits per heavy atom. The smallest absolute Gasteiger partial charge is 0.407 e. The lowest BCUT2D eigenvalue weighted by molar-refractivity contribution is -0.0541. The Bertz CT molecular complexity index is 321. The first-order valence-corrected chi connectivity index (χ1v) is 7.15. The Balaban J connectivity index is 1.81. The van der Waals surface area contributed by atoms with Crippen LogP contribution in [0.15, 0.2) is 0 Å². The van der Waals surface area contributed by atoms with Gasteiger partial charge in [0.1, 0.15) is 5.60 Å². The largest absolute Gasteiger partial charge is 0.444 e. The predicted molar refractivity (Wildman–Crippen MR) is 73.2 cm³/mol. The summed E-state index contributed by atoms with van der Waals surface area (Å²) in [6.07, 6.45) is 3.42. The lowest BCUT2D eigenvalue weighted by atomic mass is 10.0. The van der Waals surface area contributed by atoms with Crippen molar-refractivity contribution in [2.24, 2.45) is 0 Å². The third kappa shape index (κ3) is 3.83. The van der Waals surface area contributed by atoms with Crippen LogP contribution in [0.5, 0.6) is 0 Å². The highest BCUT2D eigenvalue weighted by Crippen LogP contribution is 2.28. The standard InChI is InChI=1S/C14H26N2O3/c1-14(2,3)19-13(17)15-11-6-5-7-12(11)16-8-10(9-16)18-4/h10-12H,5-9H2,1-4H3,(H,15,17)/t11-,12?/m0/s1. The van der Waals surface area contributed by atoms with E-state index in [0.29, 0.717) is 12.1 Å². The van der Waals surface area contributed by atoms with Gasteiger partial charge in [-0.05, 0) is 40.0 Å². The van der Waals surface area contributed by atoms with Gasteiger partial charge >= 0.3 is 6.09 Å². The third-order valence-electron chi connectivity index (χ3n) is 3.86. The summed E-state index contributed by atoms with van der Waals surface area (Å²) >= 11 is 0. The summed E-state index contributed by atoms with van der Waals surface area (Å²) < 4.78 is 10.6. The molecular formula is C14H26N2O3. The van der Waals surface area contributed by atoms with Crippen LogP contribution in [0.25, 0.3) is 0 Å². The maximum absolute atomic E-state index is 11.8. The van der Waals surface area contributed by atoms with Gasteiger partial charge in [0, 0.05) is 32.3 Å². The molecule has 19 heavy (non-hydrogen) atoms. The van der Waals surface area contributed by atoms with Crippen molar-refractivity contribution in [2.75, 3.05) is 20.2 Å². The quantitative estimate of drug-likeness (QED) is 0.849. The van der Waals surface area contributed by atoms with Gasteiger partial charge in [-0.2, -0.15) is 0 Å². The van der Waals surface area contributed by atoms with Gasteiger partial charge in [-0.3, -0.25) is 4.90 Å². The van der Waals surface area contributed by atoms with Crippen molar-refractivity contribution in [3.05, 3.63) is 0 Å². The molecule has 1 N–H and O–H groups in total. The fourth-order valence-electron chi connectivity index (χ4n) is 2.89. The van der Waals surface area contributed by atoms with E-state index >= 15 is 0 Å². The van der Waals surface area contributed by atoms with Crippen LogP contribution in [0, 0.1) is 0 Å². The van der Waals surface area contributed by atoms with Crippen LogP contribution in [0.4, 0.5) is 4.79 Å². The summed E-state index contributed by atoms with van der Waals surface area (Å²) in [5.74, 6) is 0. The van der Waals surface area contributed by atoms with Gasteiger partial charge in [0.05, 0.1) is 6.10 Å². The zero-order chi connectivity index (χ0) is 14.0. The zero-order valence-electron chi connectivity index (χ0n) is 12.4. The summed E-state index contributed by atoms with van der Waals surface area (Å²) in [4.78, 5) is 14.2. The van der Waals surface area contributed by atoms with Gasteiger partial charge in [0.15, 0.2) is 0 Å². The van der Waals surface area contributed by atoms with Crippen LogP contribution in [0.3, 0.4) is 0 Å². The van der Waals surface area contributed by atoms with E-state index in [9.17, 15) is 4.79 Å². The number of likely N-dealkylation sites (tertiary alicyclic amines) is 1. The van der Waals surface area contributed by atoms with E-state index < -0.39 is 5.60 Å². The average molecular weight is 270 g/mol. The normalized spacial score (nSPS) is 29.1. The van der Waals surface area contributed by atoms with E-state index in [2.05, 4.69) is 10.2 Å². The third-order valence-corrected chi connectivity index (χ3v) is 3.86. The van der Waals surface area contributed by atoms with E-state index in [1.807, 2.05) is 20.8 Å². The first-order valence-electron chi connectivity index (χ1n) is 7.15. The molecule has 1 saturated heterocycles. The Morgan fingerprint density at radius 1 is 1.26 bits per heavy atom. The van der Waals surface area contributed by atoms with Gasteiger partial charge in [-0.1, -0.05) is 0 Å². The molecular weight excluding hydrogens is 244 g/mol. The number of ether oxygens (including phenoxy) is 2. The molecule has 5 heteroatoms. The first-order chi connectivity index (χ1) is 8.89. The number of carbonyl (C=O) groups is 1. The molecule has 5 nitrogen and oxygen atoms in total. The summed E-state index contributed by atoms with van der Waals surface area (Å²) in [5.41, 5.74) is -0.434. The van der Waals surface area contributed by atoms with Gasteiger partial charge in [-0.25, -0.2) is 4.79 Å². The maximum atomic E-state index is 11.8. The molecule has 0 aromatic heterocycles. The van der Waals surface area contributed by atoms with Crippen LogP contribution in [0.2, 0.25) is 0 Å². The van der Waals surface area contributed by atoms with Crippen LogP contribution < -0.4 is 5.32 Å². The van der Waals surface area contributed by atoms with Gasteiger partial charge < -0.3 is 14.8 Å². The van der Waals surface area contributed by atoms with Gasteiger partial charge in [-0.15, -0.1) is 0 Å².